The van der Waals surface area contributed by atoms with Crippen LogP contribution in [0, 0.1) is 13.8 Å². The number of hydrogen-bond acceptors (Lipinski definition) is 6. The first-order valence-electron chi connectivity index (χ1n) is 11.2. The van der Waals surface area contributed by atoms with Gasteiger partial charge in [0.2, 0.25) is 0 Å². The lowest BCUT2D eigenvalue weighted by Gasteiger charge is -2.22. The molecule has 0 amide bonds. The zero-order valence-electron chi connectivity index (χ0n) is 19.4. The molecular formula is C25H30N6O2. The minimum absolute atomic E-state index is 0.0557. The van der Waals surface area contributed by atoms with Gasteiger partial charge in [0, 0.05) is 25.8 Å². The fourth-order valence-corrected chi connectivity index (χ4v) is 3.96. The first-order chi connectivity index (χ1) is 16.0. The van der Waals surface area contributed by atoms with Crippen molar-refractivity contribution >= 4 is 10.9 Å². The summed E-state index contributed by atoms with van der Waals surface area (Å²) in [5.41, 5.74) is 5.10. The largest absolute Gasteiger partial charge is 0.383 e. The number of pyridine rings is 1. The number of aromatic amines is 1. The number of H-pyrrole nitrogens is 1. The van der Waals surface area contributed by atoms with E-state index in [0.29, 0.717) is 26.2 Å². The van der Waals surface area contributed by atoms with Gasteiger partial charge in [0.15, 0.2) is 5.82 Å². The summed E-state index contributed by atoms with van der Waals surface area (Å²) in [4.78, 5) is 18.3. The normalized spacial score (nSPS) is 11.5. The van der Waals surface area contributed by atoms with E-state index in [9.17, 15) is 4.79 Å². The number of hydrogen-bond donors (Lipinski definition) is 1. The van der Waals surface area contributed by atoms with Gasteiger partial charge >= 0.3 is 0 Å². The Morgan fingerprint density at radius 1 is 1.09 bits per heavy atom. The summed E-state index contributed by atoms with van der Waals surface area (Å²) >= 11 is 0. The molecule has 0 unspecified atom stereocenters. The Kier molecular flexibility index (Phi) is 7.26. The molecule has 0 spiro atoms. The Balaban J connectivity index is 1.60. The quantitative estimate of drug-likeness (QED) is 0.403. The van der Waals surface area contributed by atoms with Crippen LogP contribution >= 0.6 is 0 Å². The van der Waals surface area contributed by atoms with Crippen molar-refractivity contribution in [3.05, 3.63) is 87.0 Å². The molecule has 0 aliphatic heterocycles. The lowest BCUT2D eigenvalue weighted by molar-refractivity contribution is 0.178. The second-order valence-corrected chi connectivity index (χ2v) is 8.35. The number of aromatic nitrogens is 5. The lowest BCUT2D eigenvalue weighted by atomic mass is 10.0. The molecule has 0 bridgehead atoms. The van der Waals surface area contributed by atoms with Gasteiger partial charge in [-0.25, -0.2) is 4.68 Å². The average Bonchev–Trinajstić information content (AvgIpc) is 3.27. The Bertz CT molecular complexity index is 1270. The third-order valence-electron chi connectivity index (χ3n) is 6.06. The molecule has 4 rings (SSSR count). The summed E-state index contributed by atoms with van der Waals surface area (Å²) < 4.78 is 6.93. The van der Waals surface area contributed by atoms with Crippen LogP contribution in [-0.4, -0.2) is 50.4 Å². The van der Waals surface area contributed by atoms with Gasteiger partial charge in [-0.05, 0) is 58.8 Å². The van der Waals surface area contributed by atoms with E-state index in [4.69, 9.17) is 4.74 Å². The molecule has 0 aliphatic carbocycles. The monoisotopic (exact) mass is 446 g/mol. The second-order valence-electron chi connectivity index (χ2n) is 8.35. The number of nitrogens with zero attached hydrogens (tertiary/aromatic N) is 5. The van der Waals surface area contributed by atoms with Crippen LogP contribution in [0.3, 0.4) is 0 Å². The van der Waals surface area contributed by atoms with Crippen LogP contribution in [0.4, 0.5) is 0 Å². The Hall–Kier alpha value is -3.36. The van der Waals surface area contributed by atoms with Crippen LogP contribution < -0.4 is 5.56 Å². The van der Waals surface area contributed by atoms with E-state index in [1.54, 1.807) is 11.8 Å². The number of fused-ring (bicyclic) bond motifs is 1. The highest BCUT2D eigenvalue weighted by Crippen LogP contribution is 2.19. The predicted molar refractivity (Wildman–Crippen MR) is 128 cm³/mol. The van der Waals surface area contributed by atoms with Crippen LogP contribution in [0.1, 0.15) is 28.1 Å². The second kappa shape index (κ2) is 10.5. The van der Waals surface area contributed by atoms with Crippen molar-refractivity contribution in [3.63, 3.8) is 0 Å². The zero-order chi connectivity index (χ0) is 23.2. The summed E-state index contributed by atoms with van der Waals surface area (Å²) in [6.45, 7) is 7.02. The van der Waals surface area contributed by atoms with Crippen LogP contribution in [-0.2, 0) is 30.8 Å². The molecule has 0 radical (unpaired) electrons. The van der Waals surface area contributed by atoms with E-state index in [-0.39, 0.29) is 5.56 Å². The minimum Gasteiger partial charge on any atom is -0.383 e. The van der Waals surface area contributed by atoms with Gasteiger partial charge in [-0.1, -0.05) is 42.5 Å². The van der Waals surface area contributed by atoms with E-state index in [2.05, 4.69) is 56.6 Å². The van der Waals surface area contributed by atoms with Crippen molar-refractivity contribution in [2.45, 2.75) is 39.9 Å². The average molecular weight is 447 g/mol. The van der Waals surface area contributed by atoms with Crippen LogP contribution in [0.5, 0.6) is 0 Å². The molecule has 0 saturated carbocycles. The Morgan fingerprint density at radius 2 is 1.91 bits per heavy atom. The molecule has 33 heavy (non-hydrogen) atoms. The van der Waals surface area contributed by atoms with Crippen molar-refractivity contribution in [2.24, 2.45) is 0 Å². The number of nitrogens with one attached hydrogen (secondary N) is 1. The highest BCUT2D eigenvalue weighted by Gasteiger charge is 2.16. The van der Waals surface area contributed by atoms with Crippen molar-refractivity contribution < 1.29 is 4.74 Å². The molecule has 0 aliphatic rings. The topological polar surface area (TPSA) is 88.9 Å². The number of rotatable bonds is 10. The van der Waals surface area contributed by atoms with Gasteiger partial charge in [-0.15, -0.1) is 5.10 Å². The lowest BCUT2D eigenvalue weighted by Crippen LogP contribution is -2.30. The molecule has 172 valence electrons. The van der Waals surface area contributed by atoms with Crippen LogP contribution in [0.2, 0.25) is 0 Å². The maximum Gasteiger partial charge on any atom is 0.252 e. The minimum atomic E-state index is -0.0557. The molecule has 0 fully saturated rings. The third-order valence-corrected chi connectivity index (χ3v) is 6.06. The molecule has 2 aromatic carbocycles. The molecule has 2 heterocycles. The first kappa shape index (κ1) is 22.8. The summed E-state index contributed by atoms with van der Waals surface area (Å²) in [5, 5.41) is 13.2. The van der Waals surface area contributed by atoms with E-state index >= 15 is 0 Å². The molecule has 0 saturated heterocycles. The summed E-state index contributed by atoms with van der Waals surface area (Å²) in [6.07, 6.45) is 0.865. The number of ether oxygens (including phenoxy) is 1. The summed E-state index contributed by atoms with van der Waals surface area (Å²) in [5.74, 6) is 0.754. The van der Waals surface area contributed by atoms with Crippen molar-refractivity contribution in [3.8, 4) is 0 Å². The zero-order valence-corrected chi connectivity index (χ0v) is 19.4. The highest BCUT2D eigenvalue weighted by atomic mass is 16.5. The Morgan fingerprint density at radius 3 is 2.70 bits per heavy atom. The highest BCUT2D eigenvalue weighted by molar-refractivity contribution is 5.83. The van der Waals surface area contributed by atoms with Crippen molar-refractivity contribution in [1.82, 2.24) is 30.1 Å². The van der Waals surface area contributed by atoms with Gasteiger partial charge in [0.05, 0.1) is 25.2 Å². The van der Waals surface area contributed by atoms with Gasteiger partial charge in [0.25, 0.3) is 5.56 Å². The molecule has 2 aromatic heterocycles. The number of methoxy groups -OCH3 is 1. The maximum absolute atomic E-state index is 13.0. The SMILES string of the molecule is COCCn1nnnc1CN(CCc1ccccc1)Cc1cc2ccc(C)c(C)c2[nH]c1=O. The van der Waals surface area contributed by atoms with E-state index in [0.717, 1.165) is 40.8 Å². The van der Waals surface area contributed by atoms with E-state index < -0.39 is 0 Å². The molecule has 8 nitrogen and oxygen atoms in total. The predicted octanol–water partition coefficient (Wildman–Crippen LogP) is 3.02. The summed E-state index contributed by atoms with van der Waals surface area (Å²) in [6, 6.07) is 16.5. The number of tetrazole rings is 1. The summed E-state index contributed by atoms with van der Waals surface area (Å²) in [7, 11) is 1.66. The molecule has 8 heteroatoms. The van der Waals surface area contributed by atoms with Crippen molar-refractivity contribution in [1.29, 1.82) is 0 Å². The van der Waals surface area contributed by atoms with Gasteiger partial charge < -0.3 is 9.72 Å². The smallest absolute Gasteiger partial charge is 0.252 e. The standard InChI is InChI=1S/C25H30N6O2/c1-18-9-10-21-15-22(25(32)26-24(21)19(18)2)16-30(12-11-20-7-5-4-6-8-20)17-23-27-28-29-31(23)13-14-33-3/h4-10,15H,11-14,16-17H2,1-3H3,(H,26,32). The molecule has 4 aromatic rings. The van der Waals surface area contributed by atoms with Crippen LogP contribution in [0.15, 0.2) is 53.3 Å². The van der Waals surface area contributed by atoms with E-state index in [1.165, 1.54) is 11.1 Å². The first-order valence-corrected chi connectivity index (χ1v) is 11.2. The number of aryl methyl sites for hydroxylation is 2. The maximum atomic E-state index is 13.0. The number of benzene rings is 2. The molecular weight excluding hydrogens is 416 g/mol. The van der Waals surface area contributed by atoms with Gasteiger partial charge in [0.1, 0.15) is 0 Å². The fraction of sp³-hybridized carbons (Fsp3) is 0.360. The fourth-order valence-electron chi connectivity index (χ4n) is 3.96. The van der Waals surface area contributed by atoms with Crippen LogP contribution in [0.25, 0.3) is 10.9 Å². The molecule has 1 N–H and O–H groups in total. The van der Waals surface area contributed by atoms with Gasteiger partial charge in [-0.2, -0.15) is 0 Å². The molecule has 0 atom stereocenters. The Labute approximate surface area is 193 Å². The van der Waals surface area contributed by atoms with Gasteiger partial charge in [-0.3, -0.25) is 9.69 Å². The van der Waals surface area contributed by atoms with Crippen molar-refractivity contribution in [2.75, 3.05) is 20.3 Å². The third kappa shape index (κ3) is 5.53. The van der Waals surface area contributed by atoms with E-state index in [1.807, 2.05) is 31.2 Å².